The van der Waals surface area contributed by atoms with Crippen LogP contribution in [-0.4, -0.2) is 24.9 Å². The van der Waals surface area contributed by atoms with E-state index in [2.05, 4.69) is 36.5 Å². The highest BCUT2D eigenvalue weighted by atomic mass is 28.3. The van der Waals surface area contributed by atoms with Gasteiger partial charge in [-0.1, -0.05) is 25.7 Å². The van der Waals surface area contributed by atoms with Crippen molar-refractivity contribution in [3.8, 4) is 0 Å². The molecule has 14 heavy (non-hydrogen) atoms. The molecule has 0 fully saturated rings. The molecular weight excluding hydrogens is 188 g/mol. The van der Waals surface area contributed by atoms with Gasteiger partial charge in [0.15, 0.2) is 0 Å². The lowest BCUT2D eigenvalue weighted by Crippen LogP contribution is -2.34. The summed E-state index contributed by atoms with van der Waals surface area (Å²) in [5, 5.41) is 0. The van der Waals surface area contributed by atoms with Gasteiger partial charge in [-0.3, -0.25) is 9.98 Å². The quantitative estimate of drug-likeness (QED) is 0.551. The Kier molecular flexibility index (Phi) is 3.58. The molecule has 0 amide bonds. The van der Waals surface area contributed by atoms with Crippen LogP contribution in [0, 0.1) is 0 Å². The first-order valence-electron chi connectivity index (χ1n) is 4.94. The van der Waals surface area contributed by atoms with E-state index in [9.17, 15) is 0 Å². The Morgan fingerprint density at radius 3 is 2.57 bits per heavy atom. The normalized spacial score (nSPS) is 14.6. The Labute approximate surface area is 87.1 Å². The number of pyridine rings is 1. The molecule has 1 aromatic rings. The summed E-state index contributed by atoms with van der Waals surface area (Å²) < 4.78 is 0. The highest BCUT2D eigenvalue weighted by molar-refractivity contribution is 6.77. The van der Waals surface area contributed by atoms with Crippen molar-refractivity contribution < 1.29 is 0 Å². The molecule has 1 atom stereocenters. The van der Waals surface area contributed by atoms with Crippen LogP contribution in [0.3, 0.4) is 0 Å². The monoisotopic (exact) mass is 206 g/mol. The van der Waals surface area contributed by atoms with E-state index in [-0.39, 0.29) is 0 Å². The van der Waals surface area contributed by atoms with E-state index in [1.54, 1.807) is 6.20 Å². The van der Waals surface area contributed by atoms with Gasteiger partial charge < -0.3 is 0 Å². The molecule has 0 spiro atoms. The third-order valence-electron chi connectivity index (χ3n) is 2.37. The standard InChI is InChI=1S/C11H18N2Si/c1-10(14(2,3)4)13-9-11-7-5-6-8-12-11/h5-10H,1-4H3. The lowest BCUT2D eigenvalue weighted by atomic mass is 10.4. The van der Waals surface area contributed by atoms with Crippen molar-refractivity contribution >= 4 is 14.3 Å². The number of aromatic nitrogens is 1. The van der Waals surface area contributed by atoms with Crippen molar-refractivity contribution in [1.82, 2.24) is 4.98 Å². The summed E-state index contributed by atoms with van der Waals surface area (Å²) in [5.41, 5.74) is 1.39. The lowest BCUT2D eigenvalue weighted by Gasteiger charge is -2.20. The van der Waals surface area contributed by atoms with E-state index in [4.69, 9.17) is 0 Å². The number of nitrogens with zero attached hydrogens (tertiary/aromatic N) is 2. The highest BCUT2D eigenvalue weighted by Crippen LogP contribution is 2.10. The SMILES string of the molecule is CC(N=Cc1ccccn1)[Si](C)(C)C. The van der Waals surface area contributed by atoms with Crippen molar-refractivity contribution in [2.45, 2.75) is 32.2 Å². The third kappa shape index (κ3) is 3.42. The van der Waals surface area contributed by atoms with Crippen LogP contribution in [0.25, 0.3) is 0 Å². The molecule has 1 heterocycles. The topological polar surface area (TPSA) is 25.2 Å². The molecule has 1 aromatic heterocycles. The third-order valence-corrected chi connectivity index (χ3v) is 5.03. The van der Waals surface area contributed by atoms with Crippen LogP contribution >= 0.6 is 0 Å². The van der Waals surface area contributed by atoms with Crippen molar-refractivity contribution in [3.63, 3.8) is 0 Å². The average molecular weight is 206 g/mol. The van der Waals surface area contributed by atoms with Gasteiger partial charge in [0.25, 0.3) is 0 Å². The maximum atomic E-state index is 4.54. The molecule has 0 N–H and O–H groups in total. The first kappa shape index (κ1) is 11.1. The molecule has 0 radical (unpaired) electrons. The van der Waals surface area contributed by atoms with Crippen LogP contribution in [0.1, 0.15) is 12.6 Å². The summed E-state index contributed by atoms with van der Waals surface area (Å²) in [6.07, 6.45) is 3.67. The first-order valence-corrected chi connectivity index (χ1v) is 8.52. The van der Waals surface area contributed by atoms with Crippen molar-refractivity contribution in [1.29, 1.82) is 0 Å². The fraction of sp³-hybridized carbons (Fsp3) is 0.455. The number of hydrogen-bond donors (Lipinski definition) is 0. The fourth-order valence-corrected chi connectivity index (χ4v) is 1.39. The Morgan fingerprint density at radius 1 is 1.36 bits per heavy atom. The summed E-state index contributed by atoms with van der Waals surface area (Å²) >= 11 is 0. The van der Waals surface area contributed by atoms with E-state index in [1.807, 2.05) is 24.4 Å². The van der Waals surface area contributed by atoms with Gasteiger partial charge in [0.1, 0.15) is 0 Å². The molecule has 0 bridgehead atoms. The minimum Gasteiger partial charge on any atom is -0.291 e. The minimum absolute atomic E-state index is 0.449. The van der Waals surface area contributed by atoms with Gasteiger partial charge in [0.2, 0.25) is 0 Å². The molecule has 0 saturated heterocycles. The van der Waals surface area contributed by atoms with Gasteiger partial charge in [-0.25, -0.2) is 0 Å². The summed E-state index contributed by atoms with van der Waals surface area (Å²) in [7, 11) is -1.14. The Balaban J connectivity index is 2.66. The van der Waals surface area contributed by atoms with Crippen molar-refractivity contribution in [2.75, 3.05) is 0 Å². The zero-order valence-corrected chi connectivity index (χ0v) is 10.4. The van der Waals surface area contributed by atoms with E-state index in [0.29, 0.717) is 5.67 Å². The molecule has 1 rings (SSSR count). The van der Waals surface area contributed by atoms with E-state index < -0.39 is 8.07 Å². The average Bonchev–Trinajstić information content (AvgIpc) is 2.14. The molecule has 2 nitrogen and oxygen atoms in total. The lowest BCUT2D eigenvalue weighted by molar-refractivity contribution is 0.978. The van der Waals surface area contributed by atoms with Gasteiger partial charge in [-0.15, -0.1) is 0 Å². The van der Waals surface area contributed by atoms with E-state index in [0.717, 1.165) is 5.69 Å². The fourth-order valence-electron chi connectivity index (χ4n) is 0.864. The second kappa shape index (κ2) is 4.51. The van der Waals surface area contributed by atoms with E-state index >= 15 is 0 Å². The summed E-state index contributed by atoms with van der Waals surface area (Å²) in [5.74, 6) is 0. The molecule has 0 saturated carbocycles. The zero-order chi connectivity index (χ0) is 10.6. The van der Waals surface area contributed by atoms with Gasteiger partial charge >= 0.3 is 0 Å². The molecular formula is C11H18N2Si. The molecule has 1 unspecified atom stereocenters. The van der Waals surface area contributed by atoms with Gasteiger partial charge in [-0.05, 0) is 19.1 Å². The zero-order valence-electron chi connectivity index (χ0n) is 9.36. The van der Waals surface area contributed by atoms with Crippen molar-refractivity contribution in [2.24, 2.45) is 4.99 Å². The van der Waals surface area contributed by atoms with Crippen LogP contribution in [0.5, 0.6) is 0 Å². The second-order valence-corrected chi connectivity index (χ2v) is 10.1. The molecule has 76 valence electrons. The van der Waals surface area contributed by atoms with Crippen LogP contribution < -0.4 is 0 Å². The second-order valence-electron chi connectivity index (χ2n) is 4.57. The maximum absolute atomic E-state index is 4.54. The van der Waals surface area contributed by atoms with Crippen LogP contribution in [0.4, 0.5) is 0 Å². The molecule has 0 aliphatic rings. The predicted molar refractivity (Wildman–Crippen MR) is 64.6 cm³/mol. The number of rotatable bonds is 3. The van der Waals surface area contributed by atoms with Crippen molar-refractivity contribution in [3.05, 3.63) is 30.1 Å². The van der Waals surface area contributed by atoms with Gasteiger partial charge in [0.05, 0.1) is 13.8 Å². The Hall–Kier alpha value is -0.963. The Bertz CT molecular complexity index is 301. The maximum Gasteiger partial charge on any atom is 0.0807 e. The van der Waals surface area contributed by atoms with Gasteiger partial charge in [0, 0.05) is 18.1 Å². The first-order chi connectivity index (χ1) is 6.50. The number of aliphatic imine (C=N–C) groups is 1. The molecule has 0 aliphatic heterocycles. The Morgan fingerprint density at radius 2 is 2.07 bits per heavy atom. The van der Waals surface area contributed by atoms with Gasteiger partial charge in [-0.2, -0.15) is 0 Å². The summed E-state index contributed by atoms with van der Waals surface area (Å²) in [6, 6.07) is 5.87. The minimum atomic E-state index is -1.14. The summed E-state index contributed by atoms with van der Waals surface area (Å²) in [4.78, 5) is 8.74. The van der Waals surface area contributed by atoms with E-state index in [1.165, 1.54) is 0 Å². The predicted octanol–water partition coefficient (Wildman–Crippen LogP) is 2.77. The van der Waals surface area contributed by atoms with Crippen LogP contribution in [-0.2, 0) is 0 Å². The van der Waals surface area contributed by atoms with Crippen LogP contribution in [0.2, 0.25) is 19.6 Å². The highest BCUT2D eigenvalue weighted by Gasteiger charge is 2.20. The molecule has 0 aromatic carbocycles. The molecule has 3 heteroatoms. The summed E-state index contributed by atoms with van der Waals surface area (Å²) in [6.45, 7) is 9.17. The van der Waals surface area contributed by atoms with Crippen LogP contribution in [0.15, 0.2) is 29.4 Å². The number of hydrogen-bond acceptors (Lipinski definition) is 2. The molecule has 0 aliphatic carbocycles. The smallest absolute Gasteiger partial charge is 0.0807 e. The largest absolute Gasteiger partial charge is 0.291 e.